The van der Waals surface area contributed by atoms with Crippen molar-refractivity contribution in [3.8, 4) is 0 Å². The Labute approximate surface area is 106 Å². The smallest absolute Gasteiger partial charge is 0.316 e. The van der Waals surface area contributed by atoms with Gasteiger partial charge in [0.15, 0.2) is 0 Å². The number of hydrogen-bond donors (Lipinski definition) is 3. The van der Waals surface area contributed by atoms with E-state index in [0.717, 1.165) is 6.07 Å². The maximum absolute atomic E-state index is 12.9. The number of halogens is 2. The summed E-state index contributed by atoms with van der Waals surface area (Å²) in [5.74, 6) is -1.03. The molecule has 0 fully saturated rings. The minimum absolute atomic E-state index is 0.0405. The van der Waals surface area contributed by atoms with E-state index in [0.29, 0.717) is 11.4 Å². The Morgan fingerprint density at radius 1 is 1.16 bits per heavy atom. The lowest BCUT2D eigenvalue weighted by atomic mass is 10.2. The number of benzene rings is 1. The summed E-state index contributed by atoms with van der Waals surface area (Å²) >= 11 is 0. The second-order valence-electron chi connectivity index (χ2n) is 3.54. The van der Waals surface area contributed by atoms with Crippen LogP contribution >= 0.6 is 0 Å². The Bertz CT molecular complexity index is 600. The van der Waals surface area contributed by atoms with E-state index in [1.807, 2.05) is 0 Å². The van der Waals surface area contributed by atoms with E-state index in [1.54, 1.807) is 18.2 Å². The number of rotatable bonds is 3. The number of hydrogen-bond acceptors (Lipinski definition) is 4. The molecule has 8 heteroatoms. The maximum Gasteiger partial charge on any atom is 0.316 e. The Morgan fingerprint density at radius 3 is 2.58 bits per heavy atom. The average molecular weight is 265 g/mol. The molecule has 1 aromatic heterocycles. The van der Waals surface area contributed by atoms with E-state index in [-0.39, 0.29) is 5.82 Å². The van der Waals surface area contributed by atoms with Crippen molar-refractivity contribution in [2.24, 2.45) is 5.73 Å². The number of nitrogens with one attached hydrogen (secondary N) is 2. The van der Waals surface area contributed by atoms with Gasteiger partial charge in [-0.25, -0.2) is 4.79 Å². The first-order chi connectivity index (χ1) is 9.02. The van der Waals surface area contributed by atoms with Crippen LogP contribution in [0.5, 0.6) is 0 Å². The molecule has 1 aromatic carbocycles. The van der Waals surface area contributed by atoms with Gasteiger partial charge in [-0.15, -0.1) is 0 Å². The van der Waals surface area contributed by atoms with Gasteiger partial charge < -0.3 is 16.4 Å². The molecule has 0 bridgehead atoms. The molecule has 0 unspecified atom stereocenters. The number of carbonyl (C=O) groups is 1. The zero-order valence-corrected chi connectivity index (χ0v) is 9.52. The van der Waals surface area contributed by atoms with Crippen LogP contribution in [0.15, 0.2) is 30.3 Å². The maximum atomic E-state index is 12.9. The number of primary amides is 1. The molecule has 0 radical (unpaired) electrons. The number of amides is 2. The van der Waals surface area contributed by atoms with Gasteiger partial charge >= 0.3 is 12.1 Å². The lowest BCUT2D eigenvalue weighted by Gasteiger charge is -2.07. The van der Waals surface area contributed by atoms with Crippen molar-refractivity contribution < 1.29 is 13.6 Å². The summed E-state index contributed by atoms with van der Waals surface area (Å²) in [6, 6.07) is 6.62. The van der Waals surface area contributed by atoms with Crippen molar-refractivity contribution in [3.63, 3.8) is 0 Å². The highest BCUT2D eigenvalue weighted by molar-refractivity contribution is 5.88. The topological polar surface area (TPSA) is 92.9 Å². The molecule has 0 atom stereocenters. The van der Waals surface area contributed by atoms with Gasteiger partial charge in [0.2, 0.25) is 5.95 Å². The zero-order valence-electron chi connectivity index (χ0n) is 9.52. The molecule has 6 nitrogen and oxygen atoms in total. The third kappa shape index (κ3) is 3.60. The molecule has 2 aromatic rings. The number of nitrogens with zero attached hydrogens (tertiary/aromatic N) is 2. The number of aromatic nitrogens is 2. The fourth-order valence-electron chi connectivity index (χ4n) is 1.42. The van der Waals surface area contributed by atoms with E-state index in [9.17, 15) is 13.6 Å². The van der Waals surface area contributed by atoms with Gasteiger partial charge in [0, 0.05) is 17.4 Å². The van der Waals surface area contributed by atoms with Crippen LogP contribution in [0.25, 0.3) is 0 Å². The van der Waals surface area contributed by atoms with Crippen molar-refractivity contribution in [2.75, 3.05) is 10.6 Å². The van der Waals surface area contributed by atoms with E-state index in [1.165, 1.54) is 6.07 Å². The second kappa shape index (κ2) is 5.25. The molecule has 0 saturated heterocycles. The summed E-state index contributed by atoms with van der Waals surface area (Å²) in [6.07, 6.45) is -1.17. The number of carbonyl (C=O) groups excluding carboxylic acids is 1. The van der Waals surface area contributed by atoms with Gasteiger partial charge in [-0.3, -0.25) is 0 Å². The lowest BCUT2D eigenvalue weighted by Crippen LogP contribution is -2.19. The molecule has 0 spiro atoms. The van der Waals surface area contributed by atoms with Crippen LogP contribution in [0.2, 0.25) is 0 Å². The lowest BCUT2D eigenvalue weighted by molar-refractivity contribution is 0.259. The zero-order chi connectivity index (χ0) is 13.8. The second-order valence-corrected chi connectivity index (χ2v) is 3.54. The molecule has 2 amide bonds. The standard InChI is InChI=1S/C11H9F2N5O/c12-8-5-9(18-10(13)17-8)15-6-2-1-3-7(4-6)16-11(14)19/h1-5H,(H3,14,16,19)(H,15,17,18). The van der Waals surface area contributed by atoms with E-state index < -0.39 is 18.1 Å². The molecular weight excluding hydrogens is 256 g/mol. The first-order valence-corrected chi connectivity index (χ1v) is 5.16. The monoisotopic (exact) mass is 265 g/mol. The van der Waals surface area contributed by atoms with Gasteiger partial charge in [-0.1, -0.05) is 6.07 Å². The van der Waals surface area contributed by atoms with Crippen LogP contribution in [-0.2, 0) is 0 Å². The number of anilines is 3. The quantitative estimate of drug-likeness (QED) is 0.584. The van der Waals surface area contributed by atoms with Crippen molar-refractivity contribution in [1.29, 1.82) is 0 Å². The Kier molecular flexibility index (Phi) is 3.51. The van der Waals surface area contributed by atoms with Crippen LogP contribution in [0, 0.1) is 12.0 Å². The van der Waals surface area contributed by atoms with E-state index >= 15 is 0 Å². The molecule has 1 heterocycles. The molecule has 19 heavy (non-hydrogen) atoms. The summed E-state index contributed by atoms with van der Waals surface area (Å²) in [7, 11) is 0. The van der Waals surface area contributed by atoms with Crippen LogP contribution in [0.3, 0.4) is 0 Å². The summed E-state index contributed by atoms with van der Waals surface area (Å²) in [5, 5.41) is 5.05. The fraction of sp³-hybridized carbons (Fsp3) is 0. The van der Waals surface area contributed by atoms with Gasteiger partial charge in [-0.05, 0) is 18.2 Å². The van der Waals surface area contributed by atoms with Crippen molar-refractivity contribution in [2.45, 2.75) is 0 Å². The molecule has 4 N–H and O–H groups in total. The SMILES string of the molecule is NC(=O)Nc1cccc(Nc2cc(F)nc(F)n2)c1. The van der Waals surface area contributed by atoms with Crippen LogP contribution in [0.4, 0.5) is 30.8 Å². The highest BCUT2D eigenvalue weighted by Gasteiger charge is 2.04. The molecule has 0 aliphatic rings. The van der Waals surface area contributed by atoms with E-state index in [2.05, 4.69) is 20.6 Å². The third-order valence-corrected chi connectivity index (χ3v) is 2.07. The van der Waals surface area contributed by atoms with Gasteiger partial charge in [0.1, 0.15) is 5.82 Å². The van der Waals surface area contributed by atoms with E-state index in [4.69, 9.17) is 5.73 Å². The molecule has 0 saturated carbocycles. The summed E-state index contributed by atoms with van der Waals surface area (Å²) < 4.78 is 25.7. The van der Waals surface area contributed by atoms with Gasteiger partial charge in [0.05, 0.1) is 0 Å². The largest absolute Gasteiger partial charge is 0.351 e. The molecule has 98 valence electrons. The first-order valence-electron chi connectivity index (χ1n) is 5.16. The molecule has 0 aliphatic carbocycles. The van der Waals surface area contributed by atoms with Crippen LogP contribution < -0.4 is 16.4 Å². The highest BCUT2D eigenvalue weighted by Crippen LogP contribution is 2.19. The number of urea groups is 1. The normalized spacial score (nSPS) is 10.0. The average Bonchev–Trinajstić information content (AvgIpc) is 2.26. The van der Waals surface area contributed by atoms with Crippen LogP contribution in [0.1, 0.15) is 0 Å². The van der Waals surface area contributed by atoms with Gasteiger partial charge in [0.25, 0.3) is 0 Å². The Hall–Kier alpha value is -2.77. The fourth-order valence-corrected chi connectivity index (χ4v) is 1.42. The summed E-state index contributed by atoms with van der Waals surface area (Å²) in [4.78, 5) is 17.0. The van der Waals surface area contributed by atoms with Crippen molar-refractivity contribution >= 4 is 23.2 Å². The first kappa shape index (κ1) is 12.7. The minimum Gasteiger partial charge on any atom is -0.351 e. The summed E-state index contributed by atoms with van der Waals surface area (Å²) in [6.45, 7) is 0. The molecule has 0 aliphatic heterocycles. The minimum atomic E-state index is -1.17. The predicted octanol–water partition coefficient (Wildman–Crippen LogP) is 1.99. The third-order valence-electron chi connectivity index (χ3n) is 2.07. The predicted molar refractivity (Wildman–Crippen MR) is 64.9 cm³/mol. The highest BCUT2D eigenvalue weighted by atomic mass is 19.1. The van der Waals surface area contributed by atoms with Crippen molar-refractivity contribution in [1.82, 2.24) is 9.97 Å². The van der Waals surface area contributed by atoms with Gasteiger partial charge in [-0.2, -0.15) is 18.7 Å². The Balaban J connectivity index is 2.20. The van der Waals surface area contributed by atoms with Crippen molar-refractivity contribution in [3.05, 3.63) is 42.4 Å². The summed E-state index contributed by atoms with van der Waals surface area (Å²) in [5.41, 5.74) is 5.89. The number of nitrogens with two attached hydrogens (primary N) is 1. The molecular formula is C11H9F2N5O. The molecule has 2 rings (SSSR count). The Morgan fingerprint density at radius 2 is 1.89 bits per heavy atom. The van der Waals surface area contributed by atoms with Crippen LogP contribution in [-0.4, -0.2) is 16.0 Å².